The molecule has 0 unspecified atom stereocenters. The van der Waals surface area contributed by atoms with Crippen molar-refractivity contribution < 1.29 is 25.5 Å². The zero-order valence-corrected chi connectivity index (χ0v) is 8.43. The van der Waals surface area contributed by atoms with Crippen molar-refractivity contribution in [3.63, 3.8) is 0 Å². The van der Waals surface area contributed by atoms with Gasteiger partial charge in [-0.3, -0.25) is 0 Å². The summed E-state index contributed by atoms with van der Waals surface area (Å²) in [6.45, 7) is -0.698. The zero-order valence-electron chi connectivity index (χ0n) is 8.43. The van der Waals surface area contributed by atoms with Gasteiger partial charge in [-0.1, -0.05) is 0 Å². The monoisotopic (exact) mass is 230 g/mol. The Balaban J connectivity index is 2.47. The highest BCUT2D eigenvalue weighted by atomic mass is 16.4. The van der Waals surface area contributed by atoms with E-state index in [2.05, 4.69) is 4.98 Å². The molecule has 2 heterocycles. The fourth-order valence-electron chi connectivity index (χ4n) is 1.95. The van der Waals surface area contributed by atoms with Gasteiger partial charge >= 0.3 is 0 Å². The van der Waals surface area contributed by atoms with Gasteiger partial charge in [0.15, 0.2) is 0 Å². The topological polar surface area (TPSA) is 119 Å². The number of fused-ring (bicyclic) bond motifs is 1. The van der Waals surface area contributed by atoms with E-state index < -0.39 is 24.4 Å². The van der Waals surface area contributed by atoms with Crippen molar-refractivity contribution in [3.8, 4) is 0 Å². The van der Waals surface area contributed by atoms with Crippen LogP contribution in [0.25, 0.3) is 0 Å². The number of aliphatic hydroxyl groups is 5. The Kier molecular flexibility index (Phi) is 2.96. The van der Waals surface area contributed by atoms with Gasteiger partial charge < -0.3 is 30.1 Å². The quantitative estimate of drug-likeness (QED) is 0.389. The van der Waals surface area contributed by atoms with Gasteiger partial charge in [0, 0.05) is 6.20 Å². The smallest absolute Gasteiger partial charge is 0.141 e. The zero-order chi connectivity index (χ0) is 11.9. The summed E-state index contributed by atoms with van der Waals surface area (Å²) in [7, 11) is 0. The number of aromatic nitrogens is 2. The highest BCUT2D eigenvalue weighted by molar-refractivity contribution is 5.13. The summed E-state index contributed by atoms with van der Waals surface area (Å²) in [5, 5.41) is 46.9. The minimum absolute atomic E-state index is 0.140. The molecule has 0 spiro atoms. The fourth-order valence-corrected chi connectivity index (χ4v) is 1.95. The van der Waals surface area contributed by atoms with Crippen LogP contribution in [0.5, 0.6) is 0 Å². The SMILES string of the molecule is OCc1cn2c(n1)[C@@H](O)[C@@H](O)[C@H](O)[C@H]2CO. The molecule has 0 aromatic carbocycles. The minimum Gasteiger partial charge on any atom is -0.394 e. The number of rotatable bonds is 2. The maximum Gasteiger partial charge on any atom is 0.141 e. The Morgan fingerprint density at radius 3 is 2.44 bits per heavy atom. The van der Waals surface area contributed by atoms with Crippen LogP contribution >= 0.6 is 0 Å². The van der Waals surface area contributed by atoms with Crippen molar-refractivity contribution in [1.82, 2.24) is 9.55 Å². The fraction of sp³-hybridized carbons (Fsp3) is 0.667. The maximum absolute atomic E-state index is 9.67. The molecule has 7 heteroatoms. The molecule has 4 atom stereocenters. The molecular formula is C9H14N2O5. The number of nitrogens with zero attached hydrogens (tertiary/aromatic N) is 2. The first kappa shape index (κ1) is 11.5. The van der Waals surface area contributed by atoms with Gasteiger partial charge in [-0.2, -0.15) is 0 Å². The van der Waals surface area contributed by atoms with Crippen LogP contribution in [-0.4, -0.2) is 53.9 Å². The van der Waals surface area contributed by atoms with Crippen molar-refractivity contribution >= 4 is 0 Å². The van der Waals surface area contributed by atoms with Crippen LogP contribution in [0, 0.1) is 0 Å². The lowest BCUT2D eigenvalue weighted by Crippen LogP contribution is -2.46. The number of aliphatic hydroxyl groups excluding tert-OH is 5. The Hall–Kier alpha value is -0.990. The Morgan fingerprint density at radius 1 is 1.19 bits per heavy atom. The van der Waals surface area contributed by atoms with Gasteiger partial charge in [-0.15, -0.1) is 0 Å². The summed E-state index contributed by atoms with van der Waals surface area (Å²) in [6.07, 6.45) is -2.54. The highest BCUT2D eigenvalue weighted by Crippen LogP contribution is 2.32. The van der Waals surface area contributed by atoms with Crippen LogP contribution in [0.3, 0.4) is 0 Å². The molecule has 1 aliphatic rings. The number of hydrogen-bond acceptors (Lipinski definition) is 6. The van der Waals surface area contributed by atoms with Crippen LogP contribution in [0.4, 0.5) is 0 Å². The highest BCUT2D eigenvalue weighted by Gasteiger charge is 2.41. The molecule has 0 bridgehead atoms. The summed E-state index contributed by atoms with van der Waals surface area (Å²) >= 11 is 0. The first-order chi connectivity index (χ1) is 7.60. The van der Waals surface area contributed by atoms with Crippen molar-refractivity contribution in [1.29, 1.82) is 0 Å². The van der Waals surface area contributed by atoms with Gasteiger partial charge in [-0.25, -0.2) is 4.98 Å². The van der Waals surface area contributed by atoms with Crippen molar-refractivity contribution in [2.24, 2.45) is 0 Å². The van der Waals surface area contributed by atoms with Crippen LogP contribution in [0.1, 0.15) is 23.7 Å². The van der Waals surface area contributed by atoms with Crippen LogP contribution in [-0.2, 0) is 6.61 Å². The van der Waals surface area contributed by atoms with E-state index in [4.69, 9.17) is 10.2 Å². The van der Waals surface area contributed by atoms with Crippen LogP contribution < -0.4 is 0 Å². The summed E-state index contributed by atoms with van der Waals surface area (Å²) in [5.74, 6) is 0.140. The molecule has 1 aromatic heterocycles. The van der Waals surface area contributed by atoms with E-state index in [0.29, 0.717) is 5.69 Å². The van der Waals surface area contributed by atoms with Gasteiger partial charge in [0.25, 0.3) is 0 Å². The van der Waals surface area contributed by atoms with E-state index in [0.717, 1.165) is 0 Å². The molecule has 0 amide bonds. The normalized spacial score (nSPS) is 33.8. The minimum atomic E-state index is -1.39. The first-order valence-electron chi connectivity index (χ1n) is 4.93. The predicted molar refractivity (Wildman–Crippen MR) is 51.2 cm³/mol. The predicted octanol–water partition coefficient (Wildman–Crippen LogP) is -2.32. The lowest BCUT2D eigenvalue weighted by molar-refractivity contribution is -0.108. The summed E-state index contributed by atoms with van der Waals surface area (Å²) in [5.41, 5.74) is 0.314. The lowest BCUT2D eigenvalue weighted by Gasteiger charge is -2.35. The number of imidazole rings is 1. The van der Waals surface area contributed by atoms with E-state index in [-0.39, 0.29) is 19.0 Å². The summed E-state index contributed by atoms with van der Waals surface area (Å²) < 4.78 is 1.38. The van der Waals surface area contributed by atoms with E-state index in [1.807, 2.05) is 0 Å². The lowest BCUT2D eigenvalue weighted by atomic mass is 9.96. The summed E-state index contributed by atoms with van der Waals surface area (Å²) in [6, 6.07) is -0.763. The molecule has 90 valence electrons. The van der Waals surface area contributed by atoms with Crippen LogP contribution in [0.2, 0.25) is 0 Å². The van der Waals surface area contributed by atoms with E-state index in [9.17, 15) is 15.3 Å². The third-order valence-electron chi connectivity index (χ3n) is 2.85. The Labute approximate surface area is 91.2 Å². The Bertz CT molecular complexity index is 380. The summed E-state index contributed by atoms with van der Waals surface area (Å²) in [4.78, 5) is 3.91. The van der Waals surface area contributed by atoms with Crippen LogP contribution in [0.15, 0.2) is 6.20 Å². The molecule has 2 rings (SSSR count). The third-order valence-corrected chi connectivity index (χ3v) is 2.85. The molecular weight excluding hydrogens is 216 g/mol. The molecule has 1 aromatic rings. The van der Waals surface area contributed by atoms with Crippen molar-refractivity contribution in [2.45, 2.75) is 31.0 Å². The molecule has 16 heavy (non-hydrogen) atoms. The second-order valence-electron chi connectivity index (χ2n) is 3.83. The van der Waals surface area contributed by atoms with Gasteiger partial charge in [0.1, 0.15) is 24.1 Å². The average molecular weight is 230 g/mol. The first-order valence-corrected chi connectivity index (χ1v) is 4.93. The molecule has 0 aliphatic carbocycles. The van der Waals surface area contributed by atoms with E-state index in [1.165, 1.54) is 10.8 Å². The van der Waals surface area contributed by atoms with Crippen molar-refractivity contribution in [3.05, 3.63) is 17.7 Å². The van der Waals surface area contributed by atoms with E-state index in [1.54, 1.807) is 0 Å². The van der Waals surface area contributed by atoms with Gasteiger partial charge in [0.05, 0.1) is 24.9 Å². The molecule has 1 aliphatic heterocycles. The molecule has 0 saturated heterocycles. The molecule has 7 nitrogen and oxygen atoms in total. The second-order valence-corrected chi connectivity index (χ2v) is 3.83. The van der Waals surface area contributed by atoms with Crippen molar-refractivity contribution in [2.75, 3.05) is 6.61 Å². The standard InChI is InChI=1S/C9H14N2O5/c12-2-4-1-11-5(3-13)6(14)7(15)8(16)9(11)10-4/h1,5-8,12-16H,2-3H2/t5-,6-,7+,8+/m1/s1. The second kappa shape index (κ2) is 4.11. The Morgan fingerprint density at radius 2 is 1.88 bits per heavy atom. The molecule has 0 saturated carbocycles. The van der Waals surface area contributed by atoms with Gasteiger partial charge in [-0.05, 0) is 0 Å². The molecule has 5 N–H and O–H groups in total. The molecule has 0 radical (unpaired) electrons. The van der Waals surface area contributed by atoms with Gasteiger partial charge in [0.2, 0.25) is 0 Å². The molecule has 0 fully saturated rings. The largest absolute Gasteiger partial charge is 0.394 e. The average Bonchev–Trinajstić information content (AvgIpc) is 2.71. The third kappa shape index (κ3) is 1.53. The number of hydrogen-bond donors (Lipinski definition) is 5. The van der Waals surface area contributed by atoms with E-state index >= 15 is 0 Å². The maximum atomic E-state index is 9.67.